The highest BCUT2D eigenvalue weighted by Gasteiger charge is 2.41. The van der Waals surface area contributed by atoms with Crippen molar-refractivity contribution < 1.29 is 0 Å². The molecule has 1 N–H and O–H groups in total. The van der Waals surface area contributed by atoms with Gasteiger partial charge in [-0.15, -0.1) is 0 Å². The van der Waals surface area contributed by atoms with Crippen LogP contribution in [-0.2, 0) is 0 Å². The summed E-state index contributed by atoms with van der Waals surface area (Å²) in [5, 5.41) is 3.88. The van der Waals surface area contributed by atoms with E-state index in [0.717, 1.165) is 12.0 Å². The minimum Gasteiger partial charge on any atom is -0.308 e. The lowest BCUT2D eigenvalue weighted by Gasteiger charge is -2.46. The summed E-state index contributed by atoms with van der Waals surface area (Å²) < 4.78 is 0. The average molecular weight is 222 g/mol. The Kier molecular flexibility index (Phi) is 2.97. The van der Waals surface area contributed by atoms with Crippen LogP contribution in [0.4, 0.5) is 0 Å². The first kappa shape index (κ1) is 11.0. The third-order valence-corrected chi connectivity index (χ3v) is 4.96. The van der Waals surface area contributed by atoms with Gasteiger partial charge in [-0.05, 0) is 38.0 Å². The largest absolute Gasteiger partial charge is 0.308 e. The third kappa shape index (κ3) is 2.14. The molecule has 2 saturated carbocycles. The van der Waals surface area contributed by atoms with E-state index in [1.54, 1.807) is 0 Å². The first-order chi connectivity index (χ1) is 7.81. The maximum atomic E-state index is 3.88. The lowest BCUT2D eigenvalue weighted by atomic mass is 9.91. The molecular weight excluding hydrogens is 196 g/mol. The van der Waals surface area contributed by atoms with E-state index in [0.29, 0.717) is 5.54 Å². The number of piperazine rings is 1. The van der Waals surface area contributed by atoms with Crippen molar-refractivity contribution in [1.82, 2.24) is 10.2 Å². The fraction of sp³-hybridized carbons (Fsp3) is 1.00. The van der Waals surface area contributed by atoms with E-state index in [2.05, 4.69) is 17.1 Å². The van der Waals surface area contributed by atoms with Crippen molar-refractivity contribution in [3.05, 3.63) is 0 Å². The average Bonchev–Trinajstić information content (AvgIpc) is 2.99. The second-order valence-corrected chi connectivity index (χ2v) is 6.30. The van der Waals surface area contributed by atoms with Gasteiger partial charge in [0, 0.05) is 31.2 Å². The Labute approximate surface area is 99.8 Å². The normalized spacial score (nSPS) is 34.7. The Hall–Kier alpha value is -0.0800. The molecule has 2 heteroatoms. The van der Waals surface area contributed by atoms with Gasteiger partial charge in [-0.3, -0.25) is 4.90 Å². The maximum absolute atomic E-state index is 3.88. The molecule has 3 fully saturated rings. The third-order valence-electron chi connectivity index (χ3n) is 4.96. The molecule has 1 heterocycles. The zero-order valence-electron chi connectivity index (χ0n) is 10.7. The summed E-state index contributed by atoms with van der Waals surface area (Å²) in [6.45, 7) is 6.31. The first-order valence-electron chi connectivity index (χ1n) is 7.30. The predicted molar refractivity (Wildman–Crippen MR) is 67.6 cm³/mol. The summed E-state index contributed by atoms with van der Waals surface area (Å²) in [5.41, 5.74) is 0.514. The molecule has 0 amide bonds. The van der Waals surface area contributed by atoms with Crippen LogP contribution in [0.25, 0.3) is 0 Å². The molecule has 1 saturated heterocycles. The first-order valence-corrected chi connectivity index (χ1v) is 7.30. The van der Waals surface area contributed by atoms with Gasteiger partial charge in [0.2, 0.25) is 0 Å². The number of nitrogens with zero attached hydrogens (tertiary/aromatic N) is 1. The van der Waals surface area contributed by atoms with Gasteiger partial charge in [0.25, 0.3) is 0 Å². The Bertz CT molecular complexity index is 241. The standard InChI is InChI=1S/C14H26N2/c1-2-13-9-15-14(7-3-4-8-14)11-16(13)10-12-5-6-12/h12-13,15H,2-11H2,1H3. The van der Waals surface area contributed by atoms with Crippen molar-refractivity contribution in [2.45, 2.75) is 63.5 Å². The van der Waals surface area contributed by atoms with Crippen molar-refractivity contribution in [3.63, 3.8) is 0 Å². The van der Waals surface area contributed by atoms with Gasteiger partial charge >= 0.3 is 0 Å². The molecule has 2 nitrogen and oxygen atoms in total. The zero-order valence-corrected chi connectivity index (χ0v) is 10.7. The molecule has 3 rings (SSSR count). The van der Waals surface area contributed by atoms with Crippen LogP contribution < -0.4 is 5.32 Å². The van der Waals surface area contributed by atoms with Gasteiger partial charge in [0.05, 0.1) is 0 Å². The zero-order chi connectivity index (χ0) is 11.0. The highest BCUT2D eigenvalue weighted by atomic mass is 15.3. The van der Waals surface area contributed by atoms with Crippen LogP contribution in [0.15, 0.2) is 0 Å². The van der Waals surface area contributed by atoms with Crippen molar-refractivity contribution in [3.8, 4) is 0 Å². The van der Waals surface area contributed by atoms with Crippen LogP contribution in [0.2, 0.25) is 0 Å². The van der Waals surface area contributed by atoms with Crippen LogP contribution >= 0.6 is 0 Å². The lowest BCUT2D eigenvalue weighted by Crippen LogP contribution is -2.63. The van der Waals surface area contributed by atoms with E-state index in [1.807, 2.05) is 0 Å². The number of hydrogen-bond donors (Lipinski definition) is 1. The predicted octanol–water partition coefficient (Wildman–Crippen LogP) is 2.39. The fourth-order valence-corrected chi connectivity index (χ4v) is 3.67. The summed E-state index contributed by atoms with van der Waals surface area (Å²) in [6.07, 6.45) is 10.0. The van der Waals surface area contributed by atoms with Gasteiger partial charge in [0.1, 0.15) is 0 Å². The fourth-order valence-electron chi connectivity index (χ4n) is 3.67. The molecule has 1 atom stereocenters. The molecule has 1 spiro atoms. The number of hydrogen-bond acceptors (Lipinski definition) is 2. The van der Waals surface area contributed by atoms with Gasteiger partial charge in [-0.1, -0.05) is 19.8 Å². The molecule has 0 aromatic carbocycles. The molecule has 2 aliphatic carbocycles. The molecule has 1 aliphatic heterocycles. The molecule has 16 heavy (non-hydrogen) atoms. The van der Waals surface area contributed by atoms with E-state index in [9.17, 15) is 0 Å². The van der Waals surface area contributed by atoms with Crippen LogP contribution in [0, 0.1) is 5.92 Å². The van der Waals surface area contributed by atoms with Crippen LogP contribution in [0.5, 0.6) is 0 Å². The summed E-state index contributed by atoms with van der Waals surface area (Å²) in [5.74, 6) is 1.05. The van der Waals surface area contributed by atoms with Crippen LogP contribution in [0.3, 0.4) is 0 Å². The Balaban J connectivity index is 1.65. The maximum Gasteiger partial charge on any atom is 0.0309 e. The van der Waals surface area contributed by atoms with Crippen molar-refractivity contribution >= 4 is 0 Å². The van der Waals surface area contributed by atoms with Crippen molar-refractivity contribution in [1.29, 1.82) is 0 Å². The highest BCUT2D eigenvalue weighted by molar-refractivity contribution is 5.01. The van der Waals surface area contributed by atoms with Gasteiger partial charge in [-0.25, -0.2) is 0 Å². The Morgan fingerprint density at radius 1 is 1.25 bits per heavy atom. The molecule has 3 aliphatic rings. The van der Waals surface area contributed by atoms with Gasteiger partial charge in [-0.2, -0.15) is 0 Å². The molecule has 0 bridgehead atoms. The lowest BCUT2D eigenvalue weighted by molar-refractivity contribution is 0.0742. The van der Waals surface area contributed by atoms with E-state index in [1.165, 1.54) is 64.6 Å². The molecule has 0 aromatic rings. The minimum absolute atomic E-state index is 0.514. The second-order valence-electron chi connectivity index (χ2n) is 6.30. The molecule has 1 unspecified atom stereocenters. The second kappa shape index (κ2) is 4.30. The minimum atomic E-state index is 0.514. The molecule has 0 radical (unpaired) electrons. The Morgan fingerprint density at radius 3 is 2.62 bits per heavy atom. The van der Waals surface area contributed by atoms with E-state index >= 15 is 0 Å². The van der Waals surface area contributed by atoms with Crippen molar-refractivity contribution in [2.75, 3.05) is 19.6 Å². The van der Waals surface area contributed by atoms with Gasteiger partial charge < -0.3 is 5.32 Å². The smallest absolute Gasteiger partial charge is 0.0309 e. The quantitative estimate of drug-likeness (QED) is 0.789. The number of nitrogens with one attached hydrogen (secondary N) is 1. The summed E-state index contributed by atoms with van der Waals surface area (Å²) in [6, 6.07) is 0.812. The van der Waals surface area contributed by atoms with E-state index < -0.39 is 0 Å². The number of rotatable bonds is 3. The van der Waals surface area contributed by atoms with E-state index in [-0.39, 0.29) is 0 Å². The summed E-state index contributed by atoms with van der Waals surface area (Å²) in [4.78, 5) is 2.82. The SMILES string of the molecule is CCC1CNC2(CCCC2)CN1CC1CC1. The van der Waals surface area contributed by atoms with Gasteiger partial charge in [0.15, 0.2) is 0 Å². The van der Waals surface area contributed by atoms with Crippen LogP contribution in [0.1, 0.15) is 51.9 Å². The topological polar surface area (TPSA) is 15.3 Å². The monoisotopic (exact) mass is 222 g/mol. The Morgan fingerprint density at radius 2 is 2.00 bits per heavy atom. The highest BCUT2D eigenvalue weighted by Crippen LogP contribution is 2.36. The molecular formula is C14H26N2. The van der Waals surface area contributed by atoms with E-state index in [4.69, 9.17) is 0 Å². The summed E-state index contributed by atoms with van der Waals surface area (Å²) in [7, 11) is 0. The molecule has 0 aromatic heterocycles. The summed E-state index contributed by atoms with van der Waals surface area (Å²) >= 11 is 0. The van der Waals surface area contributed by atoms with Crippen molar-refractivity contribution in [2.24, 2.45) is 5.92 Å². The van der Waals surface area contributed by atoms with Crippen LogP contribution in [-0.4, -0.2) is 36.1 Å². The molecule has 92 valence electrons.